The number of carbonyl (C=O) groups is 3. The highest BCUT2D eigenvalue weighted by Gasteiger charge is 2.44. The lowest BCUT2D eigenvalue weighted by Gasteiger charge is -2.40. The molecule has 63 heavy (non-hydrogen) atoms. The van der Waals surface area contributed by atoms with Gasteiger partial charge in [0.2, 0.25) is 5.91 Å². The summed E-state index contributed by atoms with van der Waals surface area (Å²) < 4.78 is 5.29. The minimum atomic E-state index is -0.384. The van der Waals surface area contributed by atoms with Gasteiger partial charge in [-0.05, 0) is 105 Å². The standard InChI is InChI=1S/C47H52N12O4/c1-29-24-32(4-10-36(29)30(2)51-43(61)44-54-45(55-63-44)47(3)15-16-47)41-37-25-39(52-42(37)50-28-49-41)38-11-9-35(26-48-38)58-22-20-56(21-23-58)27-31-12-17-57(18-13-31)33-5-7-34(8-6-33)59-19-14-40(60)53-46(59)62/h4-11,24-26,28,30-31H,12-23,27H2,1-3H3,(H,51,61)(H,49,50,52)(H,53,60,62)/t30-/m1/s1. The van der Waals surface area contributed by atoms with Gasteiger partial charge in [-0.3, -0.25) is 29.7 Å². The average Bonchev–Trinajstić information content (AvgIpc) is 3.63. The van der Waals surface area contributed by atoms with Crippen LogP contribution in [0.15, 0.2) is 77.7 Å². The second-order valence-electron chi connectivity index (χ2n) is 17.8. The summed E-state index contributed by atoms with van der Waals surface area (Å²) in [5.41, 5.74) is 9.27. The second kappa shape index (κ2) is 16.5. The molecule has 324 valence electrons. The van der Waals surface area contributed by atoms with Crippen molar-refractivity contribution >= 4 is 45.9 Å². The van der Waals surface area contributed by atoms with Crippen LogP contribution in [0.3, 0.4) is 0 Å². The number of imide groups is 1. The molecule has 16 nitrogen and oxygen atoms in total. The number of fused-ring (bicyclic) bond motifs is 1. The van der Waals surface area contributed by atoms with E-state index in [0.717, 1.165) is 128 Å². The zero-order valence-corrected chi connectivity index (χ0v) is 35.9. The molecule has 6 aromatic rings. The molecule has 0 unspecified atom stereocenters. The van der Waals surface area contributed by atoms with Crippen molar-refractivity contribution in [2.45, 2.75) is 64.3 Å². The quantitative estimate of drug-likeness (QED) is 0.131. The molecule has 3 N–H and O–H groups in total. The number of H-pyrrole nitrogens is 1. The number of hydrogen-bond acceptors (Lipinski definition) is 12. The SMILES string of the molecule is Cc1cc(-c2ncnc3[nH]c(-c4ccc(N5CCN(CC6CCN(c7ccc(N8CCC(=O)NC8=O)cc7)CC6)CC5)cn4)cc23)ccc1[C@@H](C)NC(=O)c1nc(C2(C)CC2)no1. The monoisotopic (exact) mass is 848 g/mol. The van der Waals surface area contributed by atoms with Crippen molar-refractivity contribution in [1.29, 1.82) is 0 Å². The van der Waals surface area contributed by atoms with Gasteiger partial charge in [0.15, 0.2) is 5.82 Å². The number of piperazine rings is 1. The van der Waals surface area contributed by atoms with Crippen LogP contribution in [-0.4, -0.2) is 105 Å². The number of pyridine rings is 1. The summed E-state index contributed by atoms with van der Waals surface area (Å²) in [5.74, 6) is 0.652. The molecule has 1 atom stereocenters. The van der Waals surface area contributed by atoms with Crippen LogP contribution >= 0.6 is 0 Å². The Hall–Kier alpha value is -6.68. The van der Waals surface area contributed by atoms with Crippen LogP contribution in [0.1, 0.15) is 79.6 Å². The molecule has 2 aromatic carbocycles. The number of aryl methyl sites for hydroxylation is 1. The van der Waals surface area contributed by atoms with E-state index < -0.39 is 0 Å². The number of rotatable bonds is 11. The third-order valence-corrected chi connectivity index (χ3v) is 13.4. The summed E-state index contributed by atoms with van der Waals surface area (Å²) in [4.78, 5) is 67.8. The van der Waals surface area contributed by atoms with E-state index in [-0.39, 0.29) is 35.2 Å². The number of hydrogen-bond donors (Lipinski definition) is 3. The average molecular weight is 849 g/mol. The molecule has 0 radical (unpaired) electrons. The lowest BCUT2D eigenvalue weighted by Crippen LogP contribution is -2.49. The van der Waals surface area contributed by atoms with E-state index in [1.807, 2.05) is 44.3 Å². The van der Waals surface area contributed by atoms with E-state index in [2.05, 4.69) is 93.7 Å². The Balaban J connectivity index is 0.715. The predicted octanol–water partition coefficient (Wildman–Crippen LogP) is 6.41. The number of nitrogens with zero attached hydrogens (tertiary/aromatic N) is 9. The predicted molar refractivity (Wildman–Crippen MR) is 240 cm³/mol. The van der Waals surface area contributed by atoms with Crippen molar-refractivity contribution in [3.63, 3.8) is 0 Å². The van der Waals surface area contributed by atoms with Gasteiger partial charge in [-0.1, -0.05) is 24.2 Å². The molecule has 1 saturated carbocycles. The molecule has 7 heterocycles. The fourth-order valence-corrected chi connectivity index (χ4v) is 9.24. The number of anilines is 3. The van der Waals surface area contributed by atoms with Gasteiger partial charge in [0, 0.05) is 86.5 Å². The van der Waals surface area contributed by atoms with E-state index in [0.29, 0.717) is 24.7 Å². The molecule has 16 heteroatoms. The summed E-state index contributed by atoms with van der Waals surface area (Å²) in [6.07, 6.45) is 8.19. The Kier molecular flexibility index (Phi) is 10.6. The van der Waals surface area contributed by atoms with Gasteiger partial charge in [-0.15, -0.1) is 0 Å². The van der Waals surface area contributed by atoms with Crippen LogP contribution in [-0.2, 0) is 10.2 Å². The highest BCUT2D eigenvalue weighted by atomic mass is 16.5. The zero-order valence-electron chi connectivity index (χ0n) is 35.9. The first-order valence-electron chi connectivity index (χ1n) is 22.1. The van der Waals surface area contributed by atoms with E-state index in [1.165, 1.54) is 5.69 Å². The number of carbonyl (C=O) groups excluding carboxylic acids is 3. The van der Waals surface area contributed by atoms with Gasteiger partial charge >= 0.3 is 17.8 Å². The fourth-order valence-electron chi connectivity index (χ4n) is 9.24. The Morgan fingerprint density at radius 2 is 1.63 bits per heavy atom. The van der Waals surface area contributed by atoms with Crippen molar-refractivity contribution < 1.29 is 18.9 Å². The van der Waals surface area contributed by atoms with E-state index in [1.54, 1.807) is 11.2 Å². The van der Waals surface area contributed by atoms with Crippen LogP contribution in [0.4, 0.5) is 21.9 Å². The first-order chi connectivity index (χ1) is 30.6. The van der Waals surface area contributed by atoms with Crippen molar-refractivity contribution in [1.82, 2.24) is 45.6 Å². The third kappa shape index (κ3) is 8.34. The number of aromatic amines is 1. The fraction of sp³-hybridized carbons (Fsp3) is 0.404. The van der Waals surface area contributed by atoms with Crippen molar-refractivity contribution in [3.05, 3.63) is 96.0 Å². The Morgan fingerprint density at radius 3 is 2.35 bits per heavy atom. The largest absolute Gasteiger partial charge is 0.372 e. The van der Waals surface area contributed by atoms with E-state index in [4.69, 9.17) is 9.51 Å². The van der Waals surface area contributed by atoms with Crippen LogP contribution in [0.2, 0.25) is 0 Å². The Bertz CT molecular complexity index is 2660. The van der Waals surface area contributed by atoms with Crippen LogP contribution in [0, 0.1) is 12.8 Å². The van der Waals surface area contributed by atoms with Crippen molar-refractivity contribution in [2.24, 2.45) is 5.92 Å². The normalized spacial score (nSPS) is 18.7. The van der Waals surface area contributed by atoms with E-state index >= 15 is 0 Å². The highest BCUT2D eigenvalue weighted by Crippen LogP contribution is 2.46. The number of aromatic nitrogens is 6. The third-order valence-electron chi connectivity index (χ3n) is 13.4. The molecule has 4 aliphatic rings. The molecule has 10 rings (SSSR count). The maximum Gasteiger partial charge on any atom is 0.328 e. The number of nitrogens with one attached hydrogen (secondary N) is 3. The minimum Gasteiger partial charge on any atom is -0.372 e. The topological polar surface area (TPSA) is 182 Å². The van der Waals surface area contributed by atoms with Gasteiger partial charge in [0.1, 0.15) is 12.0 Å². The maximum atomic E-state index is 13.0. The highest BCUT2D eigenvalue weighted by molar-refractivity contribution is 6.05. The maximum absolute atomic E-state index is 13.0. The number of piperidine rings is 1. The Morgan fingerprint density at radius 1 is 0.889 bits per heavy atom. The molecular weight excluding hydrogens is 797 g/mol. The molecule has 3 saturated heterocycles. The summed E-state index contributed by atoms with van der Waals surface area (Å²) in [6.45, 7) is 13.6. The first-order valence-corrected chi connectivity index (χ1v) is 22.1. The smallest absolute Gasteiger partial charge is 0.328 e. The van der Waals surface area contributed by atoms with Crippen molar-refractivity contribution in [3.8, 4) is 22.6 Å². The molecular formula is C47H52N12O4. The van der Waals surface area contributed by atoms with Gasteiger partial charge in [-0.25, -0.2) is 14.8 Å². The molecule has 0 spiro atoms. The number of urea groups is 1. The lowest BCUT2D eigenvalue weighted by molar-refractivity contribution is -0.120. The number of amides is 4. The Labute approximate surface area is 365 Å². The molecule has 4 aromatic heterocycles. The van der Waals surface area contributed by atoms with Gasteiger partial charge in [-0.2, -0.15) is 4.98 Å². The second-order valence-corrected chi connectivity index (χ2v) is 17.8. The summed E-state index contributed by atoms with van der Waals surface area (Å²) in [5, 5.41) is 10.4. The van der Waals surface area contributed by atoms with Crippen LogP contribution in [0.5, 0.6) is 0 Å². The summed E-state index contributed by atoms with van der Waals surface area (Å²) >= 11 is 0. The molecule has 3 aliphatic heterocycles. The molecule has 4 fully saturated rings. The summed E-state index contributed by atoms with van der Waals surface area (Å²) in [7, 11) is 0. The van der Waals surface area contributed by atoms with Crippen LogP contribution < -0.4 is 25.3 Å². The van der Waals surface area contributed by atoms with Crippen molar-refractivity contribution in [2.75, 3.05) is 67.1 Å². The van der Waals surface area contributed by atoms with Gasteiger partial charge in [0.25, 0.3) is 0 Å². The number of benzene rings is 2. The lowest BCUT2D eigenvalue weighted by atomic mass is 9.95. The molecule has 1 aliphatic carbocycles. The minimum absolute atomic E-state index is 0.0105. The van der Waals surface area contributed by atoms with E-state index in [9.17, 15) is 14.4 Å². The zero-order chi connectivity index (χ0) is 43.2. The molecule has 4 amide bonds. The first kappa shape index (κ1) is 40.4. The van der Waals surface area contributed by atoms with Gasteiger partial charge in [0.05, 0.1) is 35.0 Å². The van der Waals surface area contributed by atoms with Crippen LogP contribution in [0.25, 0.3) is 33.7 Å². The summed E-state index contributed by atoms with van der Waals surface area (Å²) in [6, 6.07) is 20.0. The molecule has 0 bridgehead atoms. The van der Waals surface area contributed by atoms with Gasteiger partial charge < -0.3 is 24.6 Å².